The van der Waals surface area contributed by atoms with Gasteiger partial charge in [0.25, 0.3) is 0 Å². The van der Waals surface area contributed by atoms with Crippen LogP contribution < -0.4 is 5.32 Å². The first-order valence-electron chi connectivity index (χ1n) is 8.50. The molecule has 140 valence electrons. The van der Waals surface area contributed by atoms with Gasteiger partial charge in [-0.1, -0.05) is 41.9 Å². The number of amides is 2. The molecule has 0 unspecified atom stereocenters. The van der Waals surface area contributed by atoms with E-state index in [1.807, 2.05) is 41.2 Å². The van der Waals surface area contributed by atoms with Crippen LogP contribution in [0.1, 0.15) is 16.7 Å². The summed E-state index contributed by atoms with van der Waals surface area (Å²) in [6.45, 7) is 1.08. The van der Waals surface area contributed by atoms with Gasteiger partial charge in [0, 0.05) is 36.6 Å². The highest BCUT2D eigenvalue weighted by Gasteiger charge is 2.14. The number of nitrogens with zero attached hydrogens (tertiary/aromatic N) is 3. The Morgan fingerprint density at radius 2 is 1.96 bits per heavy atom. The van der Waals surface area contributed by atoms with Gasteiger partial charge in [-0.25, -0.2) is 9.18 Å². The average molecular weight is 387 g/mol. The fourth-order valence-electron chi connectivity index (χ4n) is 2.75. The summed E-state index contributed by atoms with van der Waals surface area (Å²) in [5.41, 5.74) is 2.37. The van der Waals surface area contributed by atoms with Gasteiger partial charge in [0.15, 0.2) is 0 Å². The molecule has 5 nitrogen and oxygen atoms in total. The zero-order valence-electron chi connectivity index (χ0n) is 14.9. The summed E-state index contributed by atoms with van der Waals surface area (Å²) in [7, 11) is 1.60. The number of carbonyl (C=O) groups is 1. The van der Waals surface area contributed by atoms with Crippen molar-refractivity contribution in [1.29, 1.82) is 0 Å². The van der Waals surface area contributed by atoms with E-state index in [1.165, 1.54) is 17.0 Å². The third-order valence-electron chi connectivity index (χ3n) is 4.24. The largest absolute Gasteiger partial charge is 0.334 e. The summed E-state index contributed by atoms with van der Waals surface area (Å²) >= 11 is 6.03. The Bertz CT molecular complexity index is 894. The summed E-state index contributed by atoms with van der Waals surface area (Å²) in [6.07, 6.45) is 3.62. The smallest absolute Gasteiger partial charge is 0.317 e. The summed E-state index contributed by atoms with van der Waals surface area (Å²) in [5.74, 6) is -0.424. The number of benzene rings is 2. The van der Waals surface area contributed by atoms with Crippen molar-refractivity contribution in [2.75, 3.05) is 7.05 Å². The van der Waals surface area contributed by atoms with E-state index in [4.69, 9.17) is 11.6 Å². The van der Waals surface area contributed by atoms with Crippen molar-refractivity contribution in [2.24, 2.45) is 0 Å². The predicted octanol–water partition coefficient (Wildman–Crippen LogP) is 4.07. The van der Waals surface area contributed by atoms with Crippen LogP contribution >= 0.6 is 11.6 Å². The summed E-state index contributed by atoms with van der Waals surface area (Å²) in [6, 6.07) is 13.9. The molecule has 0 saturated carbocycles. The first-order valence-corrected chi connectivity index (χ1v) is 8.88. The number of rotatable bonds is 6. The lowest BCUT2D eigenvalue weighted by atomic mass is 10.1. The van der Waals surface area contributed by atoms with E-state index >= 15 is 0 Å². The minimum Gasteiger partial charge on any atom is -0.334 e. The van der Waals surface area contributed by atoms with Crippen molar-refractivity contribution >= 4 is 17.6 Å². The number of hydrogen-bond donors (Lipinski definition) is 1. The Balaban J connectivity index is 1.62. The van der Waals surface area contributed by atoms with Crippen LogP contribution in [-0.2, 0) is 19.6 Å². The molecule has 0 bridgehead atoms. The number of carbonyl (C=O) groups excluding carboxylic acids is 1. The molecule has 0 spiro atoms. The molecule has 27 heavy (non-hydrogen) atoms. The molecule has 1 heterocycles. The van der Waals surface area contributed by atoms with E-state index in [0.29, 0.717) is 23.7 Å². The topological polar surface area (TPSA) is 50.2 Å². The second kappa shape index (κ2) is 8.68. The normalized spacial score (nSPS) is 10.6. The summed E-state index contributed by atoms with van der Waals surface area (Å²) in [5, 5.41) is 7.39. The van der Waals surface area contributed by atoms with Gasteiger partial charge in [0.2, 0.25) is 0 Å². The zero-order chi connectivity index (χ0) is 19.2. The molecule has 0 aliphatic heterocycles. The second-order valence-corrected chi connectivity index (χ2v) is 6.59. The highest BCUT2D eigenvalue weighted by Crippen LogP contribution is 2.20. The van der Waals surface area contributed by atoms with Crippen molar-refractivity contribution in [3.8, 4) is 0 Å². The molecule has 3 aromatic rings. The zero-order valence-corrected chi connectivity index (χ0v) is 15.7. The van der Waals surface area contributed by atoms with Crippen molar-refractivity contribution in [3.05, 3.63) is 88.5 Å². The number of urea groups is 1. The van der Waals surface area contributed by atoms with Gasteiger partial charge in [-0.15, -0.1) is 0 Å². The maximum Gasteiger partial charge on any atom is 0.317 e. The average Bonchev–Trinajstić information content (AvgIpc) is 3.17. The van der Waals surface area contributed by atoms with E-state index in [0.717, 1.165) is 11.1 Å². The Morgan fingerprint density at radius 3 is 2.67 bits per heavy atom. The van der Waals surface area contributed by atoms with Crippen LogP contribution in [0.5, 0.6) is 0 Å². The van der Waals surface area contributed by atoms with Crippen molar-refractivity contribution < 1.29 is 9.18 Å². The van der Waals surface area contributed by atoms with Gasteiger partial charge < -0.3 is 10.2 Å². The summed E-state index contributed by atoms with van der Waals surface area (Å²) in [4.78, 5) is 13.8. The quantitative estimate of drug-likeness (QED) is 0.694. The highest BCUT2D eigenvalue weighted by molar-refractivity contribution is 6.31. The molecule has 0 fully saturated rings. The van der Waals surface area contributed by atoms with Gasteiger partial charge in [-0.2, -0.15) is 5.10 Å². The minimum absolute atomic E-state index is 0.0896. The maximum absolute atomic E-state index is 13.9. The van der Waals surface area contributed by atoms with Gasteiger partial charge in [0.1, 0.15) is 5.82 Å². The number of halogens is 2. The molecule has 3 rings (SSSR count). The molecule has 2 amide bonds. The van der Waals surface area contributed by atoms with Crippen LogP contribution in [0.15, 0.2) is 60.9 Å². The molecule has 2 aromatic carbocycles. The van der Waals surface area contributed by atoms with Crippen LogP contribution in [-0.4, -0.2) is 27.8 Å². The fraction of sp³-hybridized carbons (Fsp3) is 0.200. The molecule has 0 saturated heterocycles. The first kappa shape index (κ1) is 18.9. The Morgan fingerprint density at radius 1 is 1.19 bits per heavy atom. The minimum atomic E-state index is -0.424. The third kappa shape index (κ3) is 4.86. The number of hydrogen-bond acceptors (Lipinski definition) is 2. The van der Waals surface area contributed by atoms with E-state index in [-0.39, 0.29) is 12.6 Å². The van der Waals surface area contributed by atoms with E-state index < -0.39 is 5.82 Å². The summed E-state index contributed by atoms with van der Waals surface area (Å²) < 4.78 is 15.7. The molecule has 0 atom stereocenters. The van der Waals surface area contributed by atoms with Crippen LogP contribution in [0, 0.1) is 5.82 Å². The monoisotopic (exact) mass is 386 g/mol. The molecule has 0 aliphatic carbocycles. The van der Waals surface area contributed by atoms with E-state index in [9.17, 15) is 9.18 Å². The van der Waals surface area contributed by atoms with Gasteiger partial charge in [0.05, 0.1) is 13.1 Å². The molecule has 1 aromatic heterocycles. The Labute approximate surface area is 162 Å². The van der Waals surface area contributed by atoms with Gasteiger partial charge in [-0.3, -0.25) is 4.68 Å². The van der Waals surface area contributed by atoms with Crippen molar-refractivity contribution in [3.63, 3.8) is 0 Å². The highest BCUT2D eigenvalue weighted by atomic mass is 35.5. The van der Waals surface area contributed by atoms with E-state index in [1.54, 1.807) is 19.3 Å². The molecule has 1 N–H and O–H groups in total. The van der Waals surface area contributed by atoms with Crippen molar-refractivity contribution in [2.45, 2.75) is 19.6 Å². The maximum atomic E-state index is 13.9. The predicted molar refractivity (Wildman–Crippen MR) is 103 cm³/mol. The lowest BCUT2D eigenvalue weighted by Gasteiger charge is -2.20. The molecule has 0 radical (unpaired) electrons. The third-order valence-corrected chi connectivity index (χ3v) is 4.60. The standard InChI is InChI=1S/C20H20ClFN4O/c1-25(14-17-18(21)8-4-9-19(17)22)20(27)23-12-15-6-2-3-7-16(15)13-26-11-5-10-24-26/h2-11H,12-14H2,1H3,(H,23,27). The fourth-order valence-corrected chi connectivity index (χ4v) is 2.97. The SMILES string of the molecule is CN(Cc1c(F)cccc1Cl)C(=O)NCc1ccccc1Cn1cccn1. The van der Waals surface area contributed by atoms with E-state index in [2.05, 4.69) is 10.4 Å². The van der Waals surface area contributed by atoms with Gasteiger partial charge >= 0.3 is 6.03 Å². The number of aromatic nitrogens is 2. The lowest BCUT2D eigenvalue weighted by molar-refractivity contribution is 0.206. The second-order valence-electron chi connectivity index (χ2n) is 6.19. The Hall–Kier alpha value is -2.86. The van der Waals surface area contributed by atoms with Crippen LogP contribution in [0.2, 0.25) is 5.02 Å². The Kier molecular flexibility index (Phi) is 6.08. The van der Waals surface area contributed by atoms with Crippen LogP contribution in [0.25, 0.3) is 0 Å². The lowest BCUT2D eigenvalue weighted by Crippen LogP contribution is -2.36. The first-order chi connectivity index (χ1) is 13.0. The van der Waals surface area contributed by atoms with Crippen molar-refractivity contribution in [1.82, 2.24) is 20.0 Å². The molecular formula is C20H20ClFN4O. The number of nitrogens with one attached hydrogen (secondary N) is 1. The molecule has 7 heteroatoms. The van der Waals surface area contributed by atoms with Gasteiger partial charge in [-0.05, 0) is 29.3 Å². The molecule has 0 aliphatic rings. The molecular weight excluding hydrogens is 367 g/mol. The van der Waals surface area contributed by atoms with Crippen LogP contribution in [0.4, 0.5) is 9.18 Å². The van der Waals surface area contributed by atoms with Crippen LogP contribution in [0.3, 0.4) is 0 Å².